The molecular formula is C20H21F3N6O. The van der Waals surface area contributed by atoms with Crippen molar-refractivity contribution in [2.45, 2.75) is 19.3 Å². The molecule has 0 aliphatic carbocycles. The van der Waals surface area contributed by atoms with E-state index in [2.05, 4.69) is 37.6 Å². The van der Waals surface area contributed by atoms with E-state index in [1.807, 2.05) is 12.1 Å². The van der Waals surface area contributed by atoms with Gasteiger partial charge in [-0.3, -0.25) is 9.88 Å². The first-order valence-corrected chi connectivity index (χ1v) is 9.55. The van der Waals surface area contributed by atoms with Crippen molar-refractivity contribution in [3.05, 3.63) is 65.7 Å². The third-order valence-electron chi connectivity index (χ3n) is 4.78. The van der Waals surface area contributed by atoms with Gasteiger partial charge in [0.15, 0.2) is 0 Å². The first-order chi connectivity index (χ1) is 14.5. The van der Waals surface area contributed by atoms with Crippen molar-refractivity contribution in [3.8, 4) is 5.69 Å². The van der Waals surface area contributed by atoms with E-state index in [0.29, 0.717) is 11.4 Å². The standard InChI is InChI=1S/C20H21F3N6O/c21-20(22,23)19-11-16(5-6-24-19)25-12-17-14-29(27-26-17)18-3-1-15(2-4-18)13-28-7-9-30-10-8-28/h1-6,11,14H,7-10,12-13H2,(H,24,25). The Morgan fingerprint density at radius 3 is 2.57 bits per heavy atom. The van der Waals surface area contributed by atoms with Gasteiger partial charge in [-0.05, 0) is 29.8 Å². The van der Waals surface area contributed by atoms with Gasteiger partial charge in [0.25, 0.3) is 0 Å². The largest absolute Gasteiger partial charge is 0.433 e. The minimum Gasteiger partial charge on any atom is -0.379 e. The van der Waals surface area contributed by atoms with Crippen molar-refractivity contribution in [3.63, 3.8) is 0 Å². The Morgan fingerprint density at radius 1 is 1.07 bits per heavy atom. The van der Waals surface area contributed by atoms with Crippen LogP contribution in [-0.4, -0.2) is 51.2 Å². The van der Waals surface area contributed by atoms with E-state index < -0.39 is 11.9 Å². The molecule has 0 saturated carbocycles. The number of halogens is 3. The number of nitrogens with one attached hydrogen (secondary N) is 1. The predicted molar refractivity (Wildman–Crippen MR) is 104 cm³/mol. The van der Waals surface area contributed by atoms with Gasteiger partial charge >= 0.3 is 6.18 Å². The first kappa shape index (κ1) is 20.3. The molecule has 1 aliphatic heterocycles. The minimum atomic E-state index is -4.48. The first-order valence-electron chi connectivity index (χ1n) is 9.55. The number of alkyl halides is 3. The highest BCUT2D eigenvalue weighted by atomic mass is 19.4. The highest BCUT2D eigenvalue weighted by Gasteiger charge is 2.32. The fraction of sp³-hybridized carbons (Fsp3) is 0.350. The van der Waals surface area contributed by atoms with Crippen LogP contribution in [0.2, 0.25) is 0 Å². The summed E-state index contributed by atoms with van der Waals surface area (Å²) in [5.41, 5.74) is 2.06. The van der Waals surface area contributed by atoms with Gasteiger partial charge in [0, 0.05) is 31.5 Å². The van der Waals surface area contributed by atoms with Gasteiger partial charge in [0.2, 0.25) is 0 Å². The summed E-state index contributed by atoms with van der Waals surface area (Å²) in [5.74, 6) is 0. The second kappa shape index (κ2) is 8.80. The smallest absolute Gasteiger partial charge is 0.379 e. The third kappa shape index (κ3) is 5.14. The summed E-state index contributed by atoms with van der Waals surface area (Å²) in [7, 11) is 0. The number of rotatable bonds is 6. The molecule has 0 atom stereocenters. The summed E-state index contributed by atoms with van der Waals surface area (Å²) >= 11 is 0. The summed E-state index contributed by atoms with van der Waals surface area (Å²) in [4.78, 5) is 5.70. The number of anilines is 1. The molecule has 4 rings (SSSR count). The molecule has 7 nitrogen and oxygen atoms in total. The molecule has 0 spiro atoms. The van der Waals surface area contributed by atoms with Gasteiger partial charge in [-0.25, -0.2) is 4.68 Å². The van der Waals surface area contributed by atoms with E-state index in [-0.39, 0.29) is 6.54 Å². The maximum atomic E-state index is 12.8. The molecule has 1 fully saturated rings. The number of nitrogens with zero attached hydrogens (tertiary/aromatic N) is 5. The number of benzene rings is 1. The molecule has 0 unspecified atom stereocenters. The number of hydrogen-bond acceptors (Lipinski definition) is 6. The van der Waals surface area contributed by atoms with Gasteiger partial charge in [0.1, 0.15) is 11.4 Å². The molecular weight excluding hydrogens is 397 g/mol. The van der Waals surface area contributed by atoms with Gasteiger partial charge in [0.05, 0.1) is 31.6 Å². The molecule has 158 valence electrons. The molecule has 1 saturated heterocycles. The fourth-order valence-electron chi connectivity index (χ4n) is 3.17. The van der Waals surface area contributed by atoms with Crippen LogP contribution in [0.5, 0.6) is 0 Å². The zero-order chi connectivity index (χ0) is 21.0. The molecule has 1 aliphatic rings. The second-order valence-corrected chi connectivity index (χ2v) is 6.99. The van der Waals surface area contributed by atoms with E-state index in [1.54, 1.807) is 10.9 Å². The van der Waals surface area contributed by atoms with E-state index in [1.165, 1.54) is 11.6 Å². The van der Waals surface area contributed by atoms with Gasteiger partial charge < -0.3 is 10.1 Å². The zero-order valence-electron chi connectivity index (χ0n) is 16.1. The topological polar surface area (TPSA) is 68.1 Å². The van der Waals surface area contributed by atoms with Crippen LogP contribution in [0.25, 0.3) is 5.69 Å². The van der Waals surface area contributed by atoms with Crippen LogP contribution in [0, 0.1) is 0 Å². The maximum absolute atomic E-state index is 12.8. The lowest BCUT2D eigenvalue weighted by molar-refractivity contribution is -0.141. The molecule has 1 aromatic carbocycles. The van der Waals surface area contributed by atoms with Gasteiger partial charge in [-0.1, -0.05) is 17.3 Å². The van der Waals surface area contributed by atoms with Crippen LogP contribution in [0.4, 0.5) is 18.9 Å². The minimum absolute atomic E-state index is 0.246. The van der Waals surface area contributed by atoms with E-state index >= 15 is 0 Å². The summed E-state index contributed by atoms with van der Waals surface area (Å²) < 4.78 is 45.3. The molecule has 3 heterocycles. The Labute approximate surface area is 171 Å². The number of pyridine rings is 1. The molecule has 2 aromatic heterocycles. The van der Waals surface area contributed by atoms with Crippen LogP contribution < -0.4 is 5.32 Å². The summed E-state index contributed by atoms with van der Waals surface area (Å²) in [5, 5.41) is 11.1. The van der Waals surface area contributed by atoms with Crippen molar-refractivity contribution in [2.24, 2.45) is 0 Å². The average Bonchev–Trinajstić information content (AvgIpc) is 3.22. The Hall–Kier alpha value is -2.98. The lowest BCUT2D eigenvalue weighted by atomic mass is 10.2. The molecule has 30 heavy (non-hydrogen) atoms. The van der Waals surface area contributed by atoms with Crippen molar-refractivity contribution in [1.29, 1.82) is 0 Å². The normalized spacial score (nSPS) is 15.3. The summed E-state index contributed by atoms with van der Waals surface area (Å²) in [6.45, 7) is 4.53. The predicted octanol–water partition coefficient (Wildman–Crippen LogP) is 3.13. The maximum Gasteiger partial charge on any atom is 0.433 e. The van der Waals surface area contributed by atoms with Gasteiger partial charge in [-0.15, -0.1) is 5.10 Å². The molecule has 3 aromatic rings. The fourth-order valence-corrected chi connectivity index (χ4v) is 3.17. The number of ether oxygens (including phenoxy) is 1. The monoisotopic (exact) mass is 418 g/mol. The van der Waals surface area contributed by atoms with E-state index in [0.717, 1.165) is 50.8 Å². The number of hydrogen-bond donors (Lipinski definition) is 1. The van der Waals surface area contributed by atoms with Crippen LogP contribution in [0.1, 0.15) is 17.0 Å². The highest BCUT2D eigenvalue weighted by Crippen LogP contribution is 2.28. The SMILES string of the molecule is FC(F)(F)c1cc(NCc2cn(-c3ccc(CN4CCOCC4)cc3)nn2)ccn1. The molecule has 10 heteroatoms. The Bertz CT molecular complexity index is 967. The van der Waals surface area contributed by atoms with Crippen molar-refractivity contribution in [1.82, 2.24) is 24.9 Å². The van der Waals surface area contributed by atoms with Crippen molar-refractivity contribution in [2.75, 3.05) is 31.6 Å². The van der Waals surface area contributed by atoms with Gasteiger partial charge in [-0.2, -0.15) is 13.2 Å². The van der Waals surface area contributed by atoms with Crippen molar-refractivity contribution >= 4 is 5.69 Å². The van der Waals surface area contributed by atoms with E-state index in [4.69, 9.17) is 4.74 Å². The van der Waals surface area contributed by atoms with E-state index in [9.17, 15) is 13.2 Å². The van der Waals surface area contributed by atoms with Crippen LogP contribution in [0.3, 0.4) is 0 Å². The number of aromatic nitrogens is 4. The average molecular weight is 418 g/mol. The number of morpholine rings is 1. The quantitative estimate of drug-likeness (QED) is 0.664. The summed E-state index contributed by atoms with van der Waals surface area (Å²) in [6.07, 6.45) is -1.61. The van der Waals surface area contributed by atoms with Crippen LogP contribution in [0.15, 0.2) is 48.8 Å². The van der Waals surface area contributed by atoms with Crippen LogP contribution >= 0.6 is 0 Å². The lowest BCUT2D eigenvalue weighted by Gasteiger charge is -2.26. The van der Waals surface area contributed by atoms with Crippen LogP contribution in [-0.2, 0) is 24.0 Å². The molecule has 0 radical (unpaired) electrons. The molecule has 1 N–H and O–H groups in total. The lowest BCUT2D eigenvalue weighted by Crippen LogP contribution is -2.35. The second-order valence-electron chi connectivity index (χ2n) is 6.99. The zero-order valence-corrected chi connectivity index (χ0v) is 16.1. The Morgan fingerprint density at radius 2 is 1.83 bits per heavy atom. The van der Waals surface area contributed by atoms with Crippen molar-refractivity contribution < 1.29 is 17.9 Å². The Balaban J connectivity index is 1.36. The highest BCUT2D eigenvalue weighted by molar-refractivity contribution is 5.44. The third-order valence-corrected chi connectivity index (χ3v) is 4.78. The molecule has 0 bridgehead atoms. The Kier molecular flexibility index (Phi) is 5.96. The summed E-state index contributed by atoms with van der Waals surface area (Å²) in [6, 6.07) is 10.5. The molecule has 0 amide bonds.